The van der Waals surface area contributed by atoms with E-state index in [1.807, 2.05) is 36.0 Å². The summed E-state index contributed by atoms with van der Waals surface area (Å²) in [7, 11) is 3.61. The Morgan fingerprint density at radius 3 is 2.57 bits per heavy atom. The zero-order valence-corrected chi connectivity index (χ0v) is 12.6. The van der Waals surface area contributed by atoms with Gasteiger partial charge >= 0.3 is 5.97 Å². The van der Waals surface area contributed by atoms with Gasteiger partial charge in [0.1, 0.15) is 5.75 Å². The number of aliphatic carboxylic acids is 1. The molecule has 1 aliphatic carbocycles. The summed E-state index contributed by atoms with van der Waals surface area (Å²) in [5.41, 5.74) is 1.16. The molecular weight excluding hydrogens is 266 g/mol. The summed E-state index contributed by atoms with van der Waals surface area (Å²) in [6.45, 7) is 0. The molecule has 1 heterocycles. The second-order valence-corrected chi connectivity index (χ2v) is 5.95. The van der Waals surface area contributed by atoms with Gasteiger partial charge in [-0.25, -0.2) is 0 Å². The third kappa shape index (κ3) is 2.01. The highest BCUT2D eigenvalue weighted by atomic mass is 16.5. The Bertz CT molecular complexity index is 681. The van der Waals surface area contributed by atoms with Gasteiger partial charge < -0.3 is 14.4 Å². The Kier molecular flexibility index (Phi) is 3.40. The van der Waals surface area contributed by atoms with Gasteiger partial charge in [0.05, 0.1) is 18.0 Å². The van der Waals surface area contributed by atoms with E-state index in [1.165, 1.54) is 0 Å². The van der Waals surface area contributed by atoms with Crippen molar-refractivity contribution in [2.45, 2.75) is 37.5 Å². The monoisotopic (exact) mass is 287 g/mol. The Hall–Kier alpha value is -1.97. The number of hydrogen-bond acceptors (Lipinski definition) is 2. The third-order valence-electron chi connectivity index (χ3n) is 4.85. The first-order valence-corrected chi connectivity index (χ1v) is 7.46. The van der Waals surface area contributed by atoms with Crippen LogP contribution in [0, 0.1) is 0 Å². The molecule has 1 aliphatic rings. The highest BCUT2D eigenvalue weighted by Gasteiger charge is 2.42. The number of methoxy groups -OCH3 is 1. The number of carboxylic acids is 1. The van der Waals surface area contributed by atoms with Crippen molar-refractivity contribution >= 4 is 16.9 Å². The summed E-state index contributed by atoms with van der Waals surface area (Å²) >= 11 is 0. The molecule has 1 aromatic heterocycles. The predicted molar refractivity (Wildman–Crippen MR) is 81.9 cm³/mol. The lowest BCUT2D eigenvalue weighted by Gasteiger charge is -2.34. The maximum atomic E-state index is 12.0. The van der Waals surface area contributed by atoms with E-state index < -0.39 is 11.4 Å². The molecule has 21 heavy (non-hydrogen) atoms. The van der Waals surface area contributed by atoms with E-state index in [2.05, 4.69) is 0 Å². The molecule has 0 radical (unpaired) electrons. The molecule has 1 N–H and O–H groups in total. The number of aromatic nitrogens is 1. The maximum absolute atomic E-state index is 12.0. The third-order valence-corrected chi connectivity index (χ3v) is 4.85. The van der Waals surface area contributed by atoms with E-state index >= 15 is 0 Å². The van der Waals surface area contributed by atoms with Crippen molar-refractivity contribution in [3.05, 3.63) is 30.0 Å². The Morgan fingerprint density at radius 2 is 1.95 bits per heavy atom. The van der Waals surface area contributed by atoms with E-state index in [-0.39, 0.29) is 0 Å². The minimum atomic E-state index is -0.746. The molecule has 0 aliphatic heterocycles. The van der Waals surface area contributed by atoms with Crippen LogP contribution >= 0.6 is 0 Å². The van der Waals surface area contributed by atoms with Gasteiger partial charge in [-0.05, 0) is 30.5 Å². The number of nitrogens with zero attached hydrogens (tertiary/aromatic N) is 1. The van der Waals surface area contributed by atoms with Gasteiger partial charge in [-0.2, -0.15) is 0 Å². The normalized spacial score (nSPS) is 17.8. The van der Waals surface area contributed by atoms with Crippen molar-refractivity contribution in [3.8, 4) is 5.75 Å². The van der Waals surface area contributed by atoms with Gasteiger partial charge in [-0.1, -0.05) is 25.3 Å². The number of aryl methyl sites for hydroxylation is 1. The van der Waals surface area contributed by atoms with E-state index in [0.717, 1.165) is 54.3 Å². The van der Waals surface area contributed by atoms with Gasteiger partial charge in [0.2, 0.25) is 0 Å². The lowest BCUT2D eigenvalue weighted by molar-refractivity contribution is -0.145. The number of fused-ring (bicyclic) bond motifs is 1. The van der Waals surface area contributed by atoms with Gasteiger partial charge in [0, 0.05) is 18.6 Å². The summed E-state index contributed by atoms with van der Waals surface area (Å²) in [5, 5.41) is 10.9. The molecule has 112 valence electrons. The molecule has 0 unspecified atom stereocenters. The fraction of sp³-hybridized carbons (Fsp3) is 0.471. The summed E-state index contributed by atoms with van der Waals surface area (Å²) in [6, 6.07) is 5.85. The number of carbonyl (C=O) groups is 1. The predicted octanol–water partition coefficient (Wildman–Crippen LogP) is 3.47. The van der Waals surface area contributed by atoms with Crippen molar-refractivity contribution in [1.82, 2.24) is 4.57 Å². The maximum Gasteiger partial charge on any atom is 0.314 e. The Balaban J connectivity index is 2.26. The molecule has 1 fully saturated rings. The zero-order valence-electron chi connectivity index (χ0n) is 12.6. The van der Waals surface area contributed by atoms with E-state index in [4.69, 9.17) is 4.74 Å². The molecule has 3 rings (SSSR count). The Labute approximate surface area is 124 Å². The molecule has 0 amide bonds. The SMILES string of the molecule is COc1ccc(C2(C(=O)O)CCCCC2)c2ccn(C)c12. The molecule has 0 saturated heterocycles. The van der Waals surface area contributed by atoms with Crippen LogP contribution in [0.1, 0.15) is 37.7 Å². The first-order chi connectivity index (χ1) is 10.1. The highest BCUT2D eigenvalue weighted by molar-refractivity contribution is 5.95. The minimum Gasteiger partial charge on any atom is -0.495 e. The molecular formula is C17H21NO3. The molecule has 0 bridgehead atoms. The average Bonchev–Trinajstić information content (AvgIpc) is 2.89. The smallest absolute Gasteiger partial charge is 0.314 e. The van der Waals surface area contributed by atoms with Crippen molar-refractivity contribution < 1.29 is 14.6 Å². The number of rotatable bonds is 3. The number of carboxylic acid groups (broad SMARTS) is 1. The molecule has 1 saturated carbocycles. The number of ether oxygens (including phenoxy) is 1. The van der Waals surface area contributed by atoms with Crippen LogP contribution in [0.25, 0.3) is 10.9 Å². The van der Waals surface area contributed by atoms with Gasteiger partial charge in [-0.3, -0.25) is 4.79 Å². The zero-order chi connectivity index (χ0) is 15.0. The van der Waals surface area contributed by atoms with Crippen LogP contribution in [0.5, 0.6) is 5.75 Å². The average molecular weight is 287 g/mol. The van der Waals surface area contributed by atoms with Crippen LogP contribution in [0.3, 0.4) is 0 Å². The quantitative estimate of drug-likeness (QED) is 0.940. The summed E-state index contributed by atoms with van der Waals surface area (Å²) < 4.78 is 7.43. The standard InChI is InChI=1S/C17H21NO3/c1-18-11-8-12-13(6-7-14(21-2)15(12)18)17(16(19)20)9-4-3-5-10-17/h6-8,11H,3-5,9-10H2,1-2H3,(H,19,20). The molecule has 4 nitrogen and oxygen atoms in total. The minimum absolute atomic E-state index is 0.697. The van der Waals surface area contributed by atoms with Crippen LogP contribution < -0.4 is 4.74 Å². The largest absolute Gasteiger partial charge is 0.495 e. The fourth-order valence-electron chi connectivity index (χ4n) is 3.72. The van der Waals surface area contributed by atoms with Crippen LogP contribution in [0.2, 0.25) is 0 Å². The van der Waals surface area contributed by atoms with Crippen molar-refractivity contribution in [1.29, 1.82) is 0 Å². The Morgan fingerprint density at radius 1 is 1.24 bits per heavy atom. The molecule has 4 heteroatoms. The lowest BCUT2D eigenvalue weighted by atomic mass is 9.68. The van der Waals surface area contributed by atoms with Crippen molar-refractivity contribution in [2.24, 2.45) is 7.05 Å². The first-order valence-electron chi connectivity index (χ1n) is 7.46. The summed E-state index contributed by atoms with van der Waals surface area (Å²) in [4.78, 5) is 12.0. The molecule has 0 atom stereocenters. The van der Waals surface area contributed by atoms with Crippen LogP contribution in [-0.4, -0.2) is 22.8 Å². The molecule has 0 spiro atoms. The van der Waals surface area contributed by atoms with Crippen LogP contribution in [0.4, 0.5) is 0 Å². The van der Waals surface area contributed by atoms with Gasteiger partial charge in [0.25, 0.3) is 0 Å². The van der Waals surface area contributed by atoms with E-state index in [1.54, 1.807) is 7.11 Å². The summed E-state index contributed by atoms with van der Waals surface area (Å²) in [6.07, 6.45) is 6.49. The van der Waals surface area contributed by atoms with Crippen LogP contribution in [0.15, 0.2) is 24.4 Å². The van der Waals surface area contributed by atoms with E-state index in [9.17, 15) is 9.90 Å². The summed E-state index contributed by atoms with van der Waals surface area (Å²) in [5.74, 6) is 0.0927. The fourth-order valence-corrected chi connectivity index (χ4v) is 3.72. The highest BCUT2D eigenvalue weighted by Crippen LogP contribution is 2.44. The second kappa shape index (κ2) is 5.10. The van der Waals surface area contributed by atoms with Gasteiger partial charge in [0.15, 0.2) is 0 Å². The number of hydrogen-bond donors (Lipinski definition) is 1. The molecule has 1 aromatic carbocycles. The topological polar surface area (TPSA) is 51.5 Å². The van der Waals surface area contributed by atoms with E-state index in [0.29, 0.717) is 0 Å². The molecule has 2 aromatic rings. The number of benzene rings is 1. The van der Waals surface area contributed by atoms with Gasteiger partial charge in [-0.15, -0.1) is 0 Å². The van der Waals surface area contributed by atoms with Crippen LogP contribution in [-0.2, 0) is 17.3 Å². The first kappa shape index (κ1) is 14.0. The second-order valence-electron chi connectivity index (χ2n) is 5.95. The lowest BCUT2D eigenvalue weighted by Crippen LogP contribution is -2.38. The van der Waals surface area contributed by atoms with Crippen molar-refractivity contribution in [2.75, 3.05) is 7.11 Å². The van der Waals surface area contributed by atoms with Crippen molar-refractivity contribution in [3.63, 3.8) is 0 Å².